The zero-order valence-electron chi connectivity index (χ0n) is 15.2. The van der Waals surface area contributed by atoms with E-state index in [0.29, 0.717) is 29.1 Å². The van der Waals surface area contributed by atoms with Gasteiger partial charge in [-0.3, -0.25) is 9.69 Å². The van der Waals surface area contributed by atoms with E-state index in [1.807, 2.05) is 24.3 Å². The number of para-hydroxylation sites is 1. The Morgan fingerprint density at radius 1 is 1.19 bits per heavy atom. The fraction of sp³-hybridized carbons (Fsp3) is 0.381. The summed E-state index contributed by atoms with van der Waals surface area (Å²) in [5, 5.41) is 12.7. The molecule has 0 aromatic heterocycles. The quantitative estimate of drug-likeness (QED) is 0.742. The van der Waals surface area contributed by atoms with Gasteiger partial charge in [-0.05, 0) is 62.2 Å². The van der Waals surface area contributed by atoms with E-state index in [2.05, 4.69) is 10.2 Å². The third-order valence-corrected chi connectivity index (χ3v) is 5.07. The second kappa shape index (κ2) is 9.74. The fourth-order valence-electron chi connectivity index (χ4n) is 3.39. The molecule has 1 amide bonds. The molecule has 0 radical (unpaired) electrons. The van der Waals surface area contributed by atoms with Crippen molar-refractivity contribution in [1.82, 2.24) is 4.90 Å². The molecule has 2 aromatic rings. The number of nitrogens with zero attached hydrogens (tertiary/aromatic N) is 1. The molecule has 1 fully saturated rings. The molecule has 0 aliphatic carbocycles. The highest BCUT2D eigenvalue weighted by Gasteiger charge is 2.23. The average Bonchev–Trinajstić information content (AvgIpc) is 2.67. The summed E-state index contributed by atoms with van der Waals surface area (Å²) in [5.74, 6) is 1.20. The summed E-state index contributed by atoms with van der Waals surface area (Å²) in [6.07, 6.45) is 4.03. The first-order chi connectivity index (χ1) is 13.2. The minimum absolute atomic E-state index is 0.0420. The molecule has 3 rings (SSSR count). The average molecular weight is 389 g/mol. The van der Waals surface area contributed by atoms with Gasteiger partial charge in [0.15, 0.2) is 0 Å². The molecule has 1 heterocycles. The molecule has 6 heteroatoms. The van der Waals surface area contributed by atoms with E-state index in [1.165, 1.54) is 0 Å². The third kappa shape index (κ3) is 5.70. The minimum Gasteiger partial charge on any atom is -0.456 e. The van der Waals surface area contributed by atoms with Crippen molar-refractivity contribution < 1.29 is 14.6 Å². The number of ether oxygens (including phenoxy) is 1. The third-order valence-electron chi connectivity index (χ3n) is 4.76. The lowest BCUT2D eigenvalue weighted by molar-refractivity contribution is -0.118. The zero-order valence-corrected chi connectivity index (χ0v) is 16.0. The topological polar surface area (TPSA) is 61.8 Å². The number of carbonyl (C=O) groups is 1. The SMILES string of the molecule is O=C(CN1CCCCC1CCO)Nc1ccc(Oc2ccccc2Cl)cc1. The number of piperidine rings is 1. The van der Waals surface area contributed by atoms with Crippen molar-refractivity contribution >= 4 is 23.2 Å². The number of hydrogen-bond acceptors (Lipinski definition) is 4. The number of anilines is 1. The lowest BCUT2D eigenvalue weighted by Gasteiger charge is -2.34. The number of amides is 1. The van der Waals surface area contributed by atoms with Gasteiger partial charge in [-0.15, -0.1) is 0 Å². The first kappa shape index (κ1) is 19.7. The Hall–Kier alpha value is -2.08. The number of carbonyl (C=O) groups excluding carboxylic acids is 1. The Labute approximate surface area is 164 Å². The van der Waals surface area contributed by atoms with Gasteiger partial charge in [0.2, 0.25) is 5.91 Å². The Bertz CT molecular complexity index is 749. The van der Waals surface area contributed by atoms with Crippen LogP contribution in [0.15, 0.2) is 48.5 Å². The van der Waals surface area contributed by atoms with Crippen LogP contribution in [0.2, 0.25) is 5.02 Å². The number of hydrogen-bond donors (Lipinski definition) is 2. The lowest BCUT2D eigenvalue weighted by atomic mass is 10.00. The number of nitrogens with one attached hydrogen (secondary N) is 1. The molecule has 144 valence electrons. The predicted molar refractivity (Wildman–Crippen MR) is 108 cm³/mol. The van der Waals surface area contributed by atoms with Crippen LogP contribution in [0.1, 0.15) is 25.7 Å². The lowest BCUT2D eigenvalue weighted by Crippen LogP contribution is -2.44. The number of rotatable bonds is 7. The molecule has 2 N–H and O–H groups in total. The van der Waals surface area contributed by atoms with Gasteiger partial charge in [0.25, 0.3) is 0 Å². The van der Waals surface area contributed by atoms with E-state index in [9.17, 15) is 9.90 Å². The molecular weight excluding hydrogens is 364 g/mol. The summed E-state index contributed by atoms with van der Waals surface area (Å²) in [4.78, 5) is 14.6. The summed E-state index contributed by atoms with van der Waals surface area (Å²) in [6.45, 7) is 1.42. The van der Waals surface area contributed by atoms with E-state index in [4.69, 9.17) is 16.3 Å². The summed E-state index contributed by atoms with van der Waals surface area (Å²) in [7, 11) is 0. The van der Waals surface area contributed by atoms with E-state index < -0.39 is 0 Å². The van der Waals surface area contributed by atoms with Crippen LogP contribution >= 0.6 is 11.6 Å². The van der Waals surface area contributed by atoms with Crippen LogP contribution < -0.4 is 10.1 Å². The molecule has 1 atom stereocenters. The molecule has 1 saturated heterocycles. The van der Waals surface area contributed by atoms with Crippen molar-refractivity contribution in [2.75, 3.05) is 25.0 Å². The molecule has 0 spiro atoms. The van der Waals surface area contributed by atoms with Gasteiger partial charge in [-0.1, -0.05) is 30.2 Å². The number of likely N-dealkylation sites (tertiary alicyclic amines) is 1. The van der Waals surface area contributed by atoms with Crippen molar-refractivity contribution in [1.29, 1.82) is 0 Å². The minimum atomic E-state index is -0.0420. The summed E-state index contributed by atoms with van der Waals surface area (Å²) in [6, 6.07) is 14.8. The van der Waals surface area contributed by atoms with Crippen LogP contribution in [0, 0.1) is 0 Å². The van der Waals surface area contributed by atoms with Crippen LogP contribution in [-0.4, -0.2) is 41.7 Å². The van der Waals surface area contributed by atoms with E-state index in [0.717, 1.165) is 37.9 Å². The fourth-order valence-corrected chi connectivity index (χ4v) is 3.56. The van der Waals surface area contributed by atoms with E-state index in [-0.39, 0.29) is 12.5 Å². The largest absolute Gasteiger partial charge is 0.456 e. The molecule has 2 aromatic carbocycles. The highest BCUT2D eigenvalue weighted by molar-refractivity contribution is 6.32. The standard InChI is InChI=1S/C21H25ClN2O3/c22-19-6-1-2-7-20(19)27-18-10-8-16(9-11-18)23-21(26)15-24-13-4-3-5-17(24)12-14-25/h1-2,6-11,17,25H,3-5,12-15H2,(H,23,26). The number of halogens is 1. The molecule has 0 bridgehead atoms. The smallest absolute Gasteiger partial charge is 0.238 e. The zero-order chi connectivity index (χ0) is 19.1. The molecule has 0 saturated carbocycles. The molecule has 5 nitrogen and oxygen atoms in total. The van der Waals surface area contributed by atoms with Gasteiger partial charge in [0.05, 0.1) is 11.6 Å². The first-order valence-corrected chi connectivity index (χ1v) is 9.70. The van der Waals surface area contributed by atoms with E-state index >= 15 is 0 Å². The monoisotopic (exact) mass is 388 g/mol. The van der Waals surface area contributed by atoms with Crippen molar-refractivity contribution in [2.24, 2.45) is 0 Å². The van der Waals surface area contributed by atoms with Gasteiger partial charge in [-0.25, -0.2) is 0 Å². The highest BCUT2D eigenvalue weighted by atomic mass is 35.5. The maximum atomic E-state index is 12.4. The van der Waals surface area contributed by atoms with Crippen LogP contribution in [0.5, 0.6) is 11.5 Å². The maximum absolute atomic E-state index is 12.4. The molecule has 27 heavy (non-hydrogen) atoms. The Kier molecular flexibility index (Phi) is 7.10. The van der Waals surface area contributed by atoms with Gasteiger partial charge in [-0.2, -0.15) is 0 Å². The highest BCUT2D eigenvalue weighted by Crippen LogP contribution is 2.29. The van der Waals surface area contributed by atoms with Gasteiger partial charge in [0.1, 0.15) is 11.5 Å². The van der Waals surface area contributed by atoms with Crippen LogP contribution in [-0.2, 0) is 4.79 Å². The summed E-state index contributed by atoms with van der Waals surface area (Å²) in [5.41, 5.74) is 0.724. The van der Waals surface area contributed by atoms with Crippen molar-refractivity contribution in [3.63, 3.8) is 0 Å². The van der Waals surface area contributed by atoms with Crippen molar-refractivity contribution in [3.8, 4) is 11.5 Å². The first-order valence-electron chi connectivity index (χ1n) is 9.33. The second-order valence-corrected chi connectivity index (χ2v) is 7.14. The second-order valence-electron chi connectivity index (χ2n) is 6.74. The van der Waals surface area contributed by atoms with Gasteiger partial charge >= 0.3 is 0 Å². The van der Waals surface area contributed by atoms with Crippen molar-refractivity contribution in [2.45, 2.75) is 31.7 Å². The van der Waals surface area contributed by atoms with Crippen molar-refractivity contribution in [3.05, 3.63) is 53.6 Å². The Morgan fingerprint density at radius 3 is 2.70 bits per heavy atom. The van der Waals surface area contributed by atoms with E-state index in [1.54, 1.807) is 24.3 Å². The molecular formula is C21H25ClN2O3. The van der Waals surface area contributed by atoms with Crippen LogP contribution in [0.25, 0.3) is 0 Å². The number of aliphatic hydroxyl groups excluding tert-OH is 1. The molecule has 1 aliphatic heterocycles. The normalized spacial score (nSPS) is 17.5. The molecule has 1 unspecified atom stereocenters. The predicted octanol–water partition coefficient (Wildman–Crippen LogP) is 4.31. The summed E-state index contributed by atoms with van der Waals surface area (Å²) < 4.78 is 5.76. The Balaban J connectivity index is 1.54. The molecule has 1 aliphatic rings. The Morgan fingerprint density at radius 2 is 1.96 bits per heavy atom. The maximum Gasteiger partial charge on any atom is 0.238 e. The number of aliphatic hydroxyl groups is 1. The number of benzene rings is 2. The van der Waals surface area contributed by atoms with Gasteiger partial charge < -0.3 is 15.2 Å². The van der Waals surface area contributed by atoms with Crippen LogP contribution in [0.4, 0.5) is 5.69 Å². The summed E-state index contributed by atoms with van der Waals surface area (Å²) >= 11 is 6.10. The van der Waals surface area contributed by atoms with Gasteiger partial charge in [0, 0.05) is 18.3 Å². The van der Waals surface area contributed by atoms with Crippen LogP contribution in [0.3, 0.4) is 0 Å².